The minimum Gasteiger partial charge on any atom is -0.452 e. The van der Waals surface area contributed by atoms with Gasteiger partial charge in [-0.1, -0.05) is 6.42 Å². The van der Waals surface area contributed by atoms with Crippen molar-refractivity contribution >= 4 is 16.3 Å². The van der Waals surface area contributed by atoms with Gasteiger partial charge < -0.3 is 10.1 Å². The molecular formula is C10H21N3O4S. The van der Waals surface area contributed by atoms with Crippen LogP contribution in [0.25, 0.3) is 0 Å². The molecule has 1 aliphatic heterocycles. The molecule has 0 aromatic heterocycles. The molecule has 1 heterocycles. The zero-order valence-electron chi connectivity index (χ0n) is 11.0. The molecule has 1 fully saturated rings. The molecule has 0 aromatic carbocycles. The smallest absolute Gasteiger partial charge is 0.421 e. The van der Waals surface area contributed by atoms with E-state index in [1.54, 1.807) is 7.05 Å². The molecule has 2 unspecified atom stereocenters. The van der Waals surface area contributed by atoms with Crippen LogP contribution >= 0.6 is 0 Å². The van der Waals surface area contributed by atoms with Crippen molar-refractivity contribution < 1.29 is 17.9 Å². The van der Waals surface area contributed by atoms with Crippen LogP contribution in [0.3, 0.4) is 0 Å². The van der Waals surface area contributed by atoms with E-state index in [1.165, 1.54) is 4.31 Å². The number of hydrogen-bond acceptors (Lipinski definition) is 5. The first-order valence-electron chi connectivity index (χ1n) is 5.97. The maximum Gasteiger partial charge on any atom is 0.421 e. The second-order valence-electron chi connectivity index (χ2n) is 4.35. The number of methoxy groups -OCH3 is 1. The predicted octanol–water partition coefficient (Wildman–Crippen LogP) is 0.0496. The van der Waals surface area contributed by atoms with E-state index >= 15 is 0 Å². The molecule has 1 saturated heterocycles. The van der Waals surface area contributed by atoms with Crippen LogP contribution in [0.2, 0.25) is 0 Å². The summed E-state index contributed by atoms with van der Waals surface area (Å²) in [5.74, 6) is 0. The molecule has 0 spiro atoms. The van der Waals surface area contributed by atoms with Gasteiger partial charge in [0.25, 0.3) is 0 Å². The van der Waals surface area contributed by atoms with E-state index in [2.05, 4.69) is 10.1 Å². The van der Waals surface area contributed by atoms with Crippen molar-refractivity contribution in [3.8, 4) is 0 Å². The molecule has 1 aliphatic rings. The molecule has 1 amide bonds. The third-order valence-corrected chi connectivity index (χ3v) is 4.73. The number of rotatable bonds is 4. The van der Waals surface area contributed by atoms with Crippen molar-refractivity contribution in [2.75, 3.05) is 20.7 Å². The average molecular weight is 279 g/mol. The topological polar surface area (TPSA) is 87.7 Å². The third-order valence-electron chi connectivity index (χ3n) is 3.24. The monoisotopic (exact) mass is 279 g/mol. The lowest BCUT2D eigenvalue weighted by Gasteiger charge is -2.37. The Balaban J connectivity index is 2.85. The van der Waals surface area contributed by atoms with Crippen LogP contribution < -0.4 is 10.0 Å². The second kappa shape index (κ2) is 6.35. The molecule has 0 aromatic rings. The van der Waals surface area contributed by atoms with E-state index in [9.17, 15) is 13.2 Å². The molecule has 1 rings (SSSR count). The molecule has 0 bridgehead atoms. The summed E-state index contributed by atoms with van der Waals surface area (Å²) in [6.07, 6.45) is 1.61. The zero-order valence-corrected chi connectivity index (χ0v) is 11.8. The molecule has 7 nitrogen and oxygen atoms in total. The standard InChI is InChI=1S/C10H21N3O4S/c1-8(11-2)9-6-4-5-7-13(9)18(15,16)12-10(14)17-3/h8-9,11H,4-7H2,1-3H3,(H,12,14). The number of nitrogens with one attached hydrogen (secondary N) is 2. The van der Waals surface area contributed by atoms with Crippen LogP contribution in [0.15, 0.2) is 0 Å². The summed E-state index contributed by atoms with van der Waals surface area (Å²) in [5.41, 5.74) is 0. The molecule has 2 N–H and O–H groups in total. The number of carbonyl (C=O) groups excluding carboxylic acids is 1. The Kier molecular flexibility index (Phi) is 5.36. The van der Waals surface area contributed by atoms with Crippen LogP contribution in [-0.4, -0.2) is 51.6 Å². The number of likely N-dealkylation sites (N-methyl/N-ethyl adjacent to an activating group) is 1. The molecule has 0 radical (unpaired) electrons. The number of hydrogen-bond donors (Lipinski definition) is 2. The molecule has 0 saturated carbocycles. The normalized spacial score (nSPS) is 23.4. The highest BCUT2D eigenvalue weighted by Gasteiger charge is 2.36. The largest absolute Gasteiger partial charge is 0.452 e. The highest BCUT2D eigenvalue weighted by Crippen LogP contribution is 2.22. The first-order valence-corrected chi connectivity index (χ1v) is 7.41. The number of carbonyl (C=O) groups is 1. The van der Waals surface area contributed by atoms with Crippen molar-refractivity contribution in [1.82, 2.24) is 14.3 Å². The van der Waals surface area contributed by atoms with Crippen molar-refractivity contribution in [2.45, 2.75) is 38.3 Å². The van der Waals surface area contributed by atoms with Crippen molar-refractivity contribution in [3.05, 3.63) is 0 Å². The average Bonchev–Trinajstić information content (AvgIpc) is 2.37. The summed E-state index contributed by atoms with van der Waals surface area (Å²) < 4.78 is 31.7. The molecule has 18 heavy (non-hydrogen) atoms. The van der Waals surface area contributed by atoms with E-state index in [-0.39, 0.29) is 12.1 Å². The lowest BCUT2D eigenvalue weighted by atomic mass is 9.99. The minimum atomic E-state index is -3.83. The van der Waals surface area contributed by atoms with Gasteiger partial charge in [-0.3, -0.25) is 0 Å². The van der Waals surface area contributed by atoms with E-state index < -0.39 is 16.3 Å². The summed E-state index contributed by atoms with van der Waals surface area (Å²) in [6, 6.07) is -0.120. The lowest BCUT2D eigenvalue weighted by molar-refractivity contribution is 0.173. The summed E-state index contributed by atoms with van der Waals surface area (Å²) in [5, 5.41) is 3.05. The number of amides is 1. The Morgan fingerprint density at radius 1 is 1.44 bits per heavy atom. The Labute approximate surface area is 108 Å². The number of ether oxygens (including phenoxy) is 1. The maximum absolute atomic E-state index is 12.1. The van der Waals surface area contributed by atoms with Crippen LogP contribution in [0.4, 0.5) is 4.79 Å². The minimum absolute atomic E-state index is 0.0273. The number of piperidine rings is 1. The van der Waals surface area contributed by atoms with Gasteiger partial charge in [-0.15, -0.1) is 0 Å². The van der Waals surface area contributed by atoms with E-state index in [1.807, 2.05) is 11.6 Å². The number of nitrogens with zero attached hydrogens (tertiary/aromatic N) is 1. The van der Waals surface area contributed by atoms with Crippen molar-refractivity contribution in [2.24, 2.45) is 0 Å². The Morgan fingerprint density at radius 3 is 2.67 bits per heavy atom. The van der Waals surface area contributed by atoms with Gasteiger partial charge >= 0.3 is 16.3 Å². The van der Waals surface area contributed by atoms with Gasteiger partial charge in [-0.05, 0) is 26.8 Å². The lowest BCUT2D eigenvalue weighted by Crippen LogP contribution is -2.56. The summed E-state index contributed by atoms with van der Waals surface area (Å²) >= 11 is 0. The van der Waals surface area contributed by atoms with Crippen LogP contribution in [0, 0.1) is 0 Å². The first-order chi connectivity index (χ1) is 8.42. The summed E-state index contributed by atoms with van der Waals surface area (Å²) in [6.45, 7) is 2.35. The fourth-order valence-electron chi connectivity index (χ4n) is 2.13. The van der Waals surface area contributed by atoms with Gasteiger partial charge in [-0.25, -0.2) is 9.52 Å². The van der Waals surface area contributed by atoms with Crippen LogP contribution in [-0.2, 0) is 14.9 Å². The predicted molar refractivity (Wildman–Crippen MR) is 67.3 cm³/mol. The zero-order chi connectivity index (χ0) is 13.8. The fraction of sp³-hybridized carbons (Fsp3) is 0.900. The first kappa shape index (κ1) is 15.2. The quantitative estimate of drug-likeness (QED) is 0.759. The SMILES string of the molecule is CNC(C)C1CCCCN1S(=O)(=O)NC(=O)OC. The highest BCUT2D eigenvalue weighted by atomic mass is 32.2. The molecule has 8 heteroatoms. The summed E-state index contributed by atoms with van der Waals surface area (Å²) in [7, 11) is -0.907. The Hall–Kier alpha value is -0.860. The van der Waals surface area contributed by atoms with Gasteiger partial charge in [-0.2, -0.15) is 12.7 Å². The van der Waals surface area contributed by atoms with Gasteiger partial charge in [0.05, 0.1) is 7.11 Å². The van der Waals surface area contributed by atoms with E-state index in [4.69, 9.17) is 0 Å². The Bertz CT molecular complexity index is 385. The van der Waals surface area contributed by atoms with Crippen molar-refractivity contribution in [1.29, 1.82) is 0 Å². The molecular weight excluding hydrogens is 258 g/mol. The van der Waals surface area contributed by atoms with Gasteiger partial charge in [0, 0.05) is 18.6 Å². The second-order valence-corrected chi connectivity index (χ2v) is 5.97. The third kappa shape index (κ3) is 3.56. The van der Waals surface area contributed by atoms with Crippen LogP contribution in [0.5, 0.6) is 0 Å². The van der Waals surface area contributed by atoms with Crippen molar-refractivity contribution in [3.63, 3.8) is 0 Å². The molecule has 106 valence electrons. The van der Waals surface area contributed by atoms with E-state index in [0.717, 1.165) is 26.4 Å². The molecule has 0 aliphatic carbocycles. The molecule has 2 atom stereocenters. The fourth-order valence-corrected chi connectivity index (χ4v) is 3.55. The summed E-state index contributed by atoms with van der Waals surface area (Å²) in [4.78, 5) is 11.1. The maximum atomic E-state index is 12.1. The highest BCUT2D eigenvalue weighted by molar-refractivity contribution is 7.87. The van der Waals surface area contributed by atoms with Gasteiger partial charge in [0.15, 0.2) is 0 Å². The van der Waals surface area contributed by atoms with Gasteiger partial charge in [0.1, 0.15) is 0 Å². The van der Waals surface area contributed by atoms with E-state index in [0.29, 0.717) is 6.54 Å². The Morgan fingerprint density at radius 2 is 2.11 bits per heavy atom. The van der Waals surface area contributed by atoms with Gasteiger partial charge in [0.2, 0.25) is 0 Å². The van der Waals surface area contributed by atoms with Crippen LogP contribution in [0.1, 0.15) is 26.2 Å².